The van der Waals surface area contributed by atoms with E-state index in [4.69, 9.17) is 5.26 Å². The number of urea groups is 1. The van der Waals surface area contributed by atoms with E-state index >= 15 is 0 Å². The molecular weight excluding hydrogens is 509 g/mol. The van der Waals surface area contributed by atoms with Gasteiger partial charge in [0.1, 0.15) is 6.04 Å². The molecule has 3 aromatic carbocycles. The molecule has 0 saturated carbocycles. The minimum atomic E-state index is -4.84. The van der Waals surface area contributed by atoms with E-state index in [2.05, 4.69) is 0 Å². The Kier molecular flexibility index (Phi) is 5.68. The molecule has 3 heterocycles. The number of rotatable bonds is 4. The van der Waals surface area contributed by atoms with Crippen LogP contribution < -0.4 is 4.90 Å². The number of piperazine rings is 1. The van der Waals surface area contributed by atoms with Crippen LogP contribution in [0.3, 0.4) is 0 Å². The number of alkyl halides is 3. The highest BCUT2D eigenvalue weighted by Gasteiger charge is 2.63. The van der Waals surface area contributed by atoms with Crippen molar-refractivity contribution in [2.75, 3.05) is 11.4 Å². The maximum Gasteiger partial charge on any atom is 0.417 e. The number of imide groups is 1. The summed E-state index contributed by atoms with van der Waals surface area (Å²) in [4.78, 5) is 44.7. The fraction of sp³-hybridized carbons (Fsp3) is 0.241. The van der Waals surface area contributed by atoms with E-state index in [1.54, 1.807) is 4.90 Å². The Morgan fingerprint density at radius 3 is 2.13 bits per heavy atom. The summed E-state index contributed by atoms with van der Waals surface area (Å²) in [5.41, 5.74) is -0.490. The number of nitriles is 1. The molecule has 3 unspecified atom stereocenters. The zero-order valence-electron chi connectivity index (χ0n) is 20.4. The normalized spacial score (nSPS) is 22.0. The van der Waals surface area contributed by atoms with Gasteiger partial charge in [-0.05, 0) is 35.7 Å². The lowest BCUT2D eigenvalue weighted by atomic mass is 9.89. The summed E-state index contributed by atoms with van der Waals surface area (Å²) < 4.78 is 40.7. The van der Waals surface area contributed by atoms with E-state index in [1.165, 1.54) is 11.0 Å². The molecule has 0 aromatic heterocycles. The van der Waals surface area contributed by atoms with Crippen LogP contribution in [0.2, 0.25) is 0 Å². The van der Waals surface area contributed by atoms with Crippen molar-refractivity contribution in [3.8, 4) is 6.07 Å². The summed E-state index contributed by atoms with van der Waals surface area (Å²) in [5, 5.41) is 9.10. The van der Waals surface area contributed by atoms with E-state index < -0.39 is 53.3 Å². The second-order valence-electron chi connectivity index (χ2n) is 9.85. The van der Waals surface area contributed by atoms with E-state index in [0.717, 1.165) is 28.2 Å². The number of nitrogens with zero attached hydrogens (tertiary/aromatic N) is 4. The van der Waals surface area contributed by atoms with E-state index in [-0.39, 0.29) is 18.1 Å². The molecule has 3 atom stereocenters. The molecule has 0 spiro atoms. The van der Waals surface area contributed by atoms with Gasteiger partial charge < -0.3 is 9.80 Å². The summed E-state index contributed by atoms with van der Waals surface area (Å²) in [5.74, 6) is -1.49. The summed E-state index contributed by atoms with van der Waals surface area (Å²) in [7, 11) is 0. The topological polar surface area (TPSA) is 84.7 Å². The fourth-order valence-electron chi connectivity index (χ4n) is 6.09. The van der Waals surface area contributed by atoms with Crippen LogP contribution in [0.25, 0.3) is 0 Å². The molecule has 6 rings (SSSR count). The summed E-state index contributed by atoms with van der Waals surface area (Å²) in [6.07, 6.45) is -4.42. The van der Waals surface area contributed by atoms with Gasteiger partial charge in [0.25, 0.3) is 5.91 Å². The Labute approximate surface area is 221 Å². The number of amides is 4. The molecule has 7 nitrogen and oxygen atoms in total. The van der Waals surface area contributed by atoms with Gasteiger partial charge >= 0.3 is 12.2 Å². The van der Waals surface area contributed by atoms with Crippen molar-refractivity contribution in [3.63, 3.8) is 0 Å². The molecule has 3 aliphatic rings. The number of carbonyl (C=O) groups excluding carboxylic acids is 3. The molecule has 3 aromatic rings. The van der Waals surface area contributed by atoms with Gasteiger partial charge in [-0.3, -0.25) is 9.59 Å². The Balaban J connectivity index is 1.33. The molecule has 3 aliphatic heterocycles. The highest BCUT2D eigenvalue weighted by atomic mass is 19.4. The molecule has 0 N–H and O–H groups in total. The quantitative estimate of drug-likeness (QED) is 0.464. The molecule has 3 fully saturated rings. The zero-order valence-corrected chi connectivity index (χ0v) is 20.4. The van der Waals surface area contributed by atoms with E-state index in [0.29, 0.717) is 12.5 Å². The van der Waals surface area contributed by atoms with Gasteiger partial charge in [-0.1, -0.05) is 60.7 Å². The highest BCUT2D eigenvalue weighted by molar-refractivity contribution is 6.22. The molecule has 3 saturated heterocycles. The maximum atomic E-state index is 14.0. The van der Waals surface area contributed by atoms with Crippen LogP contribution in [0.4, 0.5) is 23.7 Å². The Hall–Kier alpha value is -4.65. The van der Waals surface area contributed by atoms with Gasteiger partial charge in [-0.25, -0.2) is 9.69 Å². The number of likely N-dealkylation sites (tertiary alicyclic amines) is 1. The minimum Gasteiger partial charge on any atom is -0.334 e. The molecule has 4 amide bonds. The zero-order chi connectivity index (χ0) is 27.5. The van der Waals surface area contributed by atoms with Crippen LogP contribution in [0.1, 0.15) is 34.6 Å². The van der Waals surface area contributed by atoms with Gasteiger partial charge in [0.05, 0.1) is 40.9 Å². The first kappa shape index (κ1) is 24.7. The van der Waals surface area contributed by atoms with E-state index in [9.17, 15) is 27.6 Å². The van der Waals surface area contributed by atoms with Gasteiger partial charge in [0.15, 0.2) is 0 Å². The molecular formula is C29H21F3N4O3. The first-order chi connectivity index (χ1) is 18.7. The van der Waals surface area contributed by atoms with Crippen LogP contribution in [0.5, 0.6) is 0 Å². The van der Waals surface area contributed by atoms with Gasteiger partial charge in [0, 0.05) is 6.54 Å². The lowest BCUT2D eigenvalue weighted by Gasteiger charge is -2.37. The van der Waals surface area contributed by atoms with Gasteiger partial charge in [-0.2, -0.15) is 18.4 Å². The molecule has 0 radical (unpaired) electrons. The smallest absolute Gasteiger partial charge is 0.334 e. The average molecular weight is 531 g/mol. The summed E-state index contributed by atoms with van der Waals surface area (Å²) >= 11 is 0. The van der Waals surface area contributed by atoms with Crippen molar-refractivity contribution < 1.29 is 27.6 Å². The lowest BCUT2D eigenvalue weighted by Crippen LogP contribution is -2.55. The van der Waals surface area contributed by atoms with Crippen LogP contribution in [0, 0.1) is 11.3 Å². The lowest BCUT2D eigenvalue weighted by molar-refractivity contribution is -0.138. The Bertz CT molecular complexity index is 1480. The van der Waals surface area contributed by atoms with Crippen molar-refractivity contribution in [3.05, 3.63) is 101 Å². The molecule has 39 heavy (non-hydrogen) atoms. The number of fused-ring (bicyclic) bond motifs is 5. The minimum absolute atomic E-state index is 0.198. The monoisotopic (exact) mass is 530 g/mol. The fourth-order valence-corrected chi connectivity index (χ4v) is 6.09. The van der Waals surface area contributed by atoms with E-state index in [1.807, 2.05) is 60.7 Å². The third kappa shape index (κ3) is 3.84. The molecule has 2 bridgehead atoms. The third-order valence-corrected chi connectivity index (χ3v) is 7.75. The standard InChI is InChI=1S/C29H21F3N4O3/c30-29(31,32)22-13-20(12-11-19(22)15-33)36-27(38)25-23-14-21(35(25)28(36)39)16-34(23)26(37)24(17-7-3-1-4-8-17)18-9-5-2-6-10-18/h1-13,21,23-25H,14,16H2. The summed E-state index contributed by atoms with van der Waals surface area (Å²) in [6, 6.07) is 20.1. The highest BCUT2D eigenvalue weighted by Crippen LogP contribution is 2.45. The second-order valence-corrected chi connectivity index (χ2v) is 9.85. The molecule has 10 heteroatoms. The van der Waals surface area contributed by atoms with Crippen molar-refractivity contribution in [2.24, 2.45) is 0 Å². The first-order valence-corrected chi connectivity index (χ1v) is 12.4. The number of carbonyl (C=O) groups is 3. The van der Waals surface area contributed by atoms with Gasteiger partial charge in [0.2, 0.25) is 5.91 Å². The van der Waals surface area contributed by atoms with Crippen molar-refractivity contribution in [1.29, 1.82) is 5.26 Å². The predicted octanol–water partition coefficient (Wildman–Crippen LogP) is 4.53. The second kappa shape index (κ2) is 8.98. The maximum absolute atomic E-state index is 14.0. The number of benzene rings is 3. The third-order valence-electron chi connectivity index (χ3n) is 7.75. The predicted molar refractivity (Wildman–Crippen MR) is 133 cm³/mol. The number of anilines is 1. The number of halogens is 3. The average Bonchev–Trinajstić information content (AvgIpc) is 3.60. The van der Waals surface area contributed by atoms with Crippen molar-refractivity contribution in [1.82, 2.24) is 9.80 Å². The molecule has 196 valence electrons. The molecule has 0 aliphatic carbocycles. The van der Waals surface area contributed by atoms with Crippen LogP contribution in [0.15, 0.2) is 78.9 Å². The van der Waals surface area contributed by atoms with Crippen molar-refractivity contribution >= 4 is 23.5 Å². The van der Waals surface area contributed by atoms with Crippen LogP contribution >= 0.6 is 0 Å². The first-order valence-electron chi connectivity index (χ1n) is 12.4. The number of hydrogen-bond donors (Lipinski definition) is 0. The van der Waals surface area contributed by atoms with Crippen molar-refractivity contribution in [2.45, 2.75) is 36.6 Å². The Morgan fingerprint density at radius 2 is 1.56 bits per heavy atom. The number of hydrogen-bond acceptors (Lipinski definition) is 4. The van der Waals surface area contributed by atoms with Crippen LogP contribution in [-0.4, -0.2) is 52.3 Å². The Morgan fingerprint density at radius 1 is 0.949 bits per heavy atom. The summed E-state index contributed by atoms with van der Waals surface area (Å²) in [6.45, 7) is 0.226. The van der Waals surface area contributed by atoms with Crippen LogP contribution in [-0.2, 0) is 15.8 Å². The van der Waals surface area contributed by atoms with Gasteiger partial charge in [-0.15, -0.1) is 0 Å². The largest absolute Gasteiger partial charge is 0.417 e. The SMILES string of the molecule is N#Cc1ccc(N2C(=O)C3C4CC(CN4C(=O)C(c4ccccc4)c4ccccc4)N3C2=O)cc1C(F)(F)F.